The van der Waals surface area contributed by atoms with Crippen molar-refractivity contribution >= 4 is 101 Å². The minimum atomic E-state index is -5.08. The van der Waals surface area contributed by atoms with Crippen LogP contribution in [0.25, 0.3) is 0 Å². The summed E-state index contributed by atoms with van der Waals surface area (Å²) in [4.78, 5) is 193. The van der Waals surface area contributed by atoms with Gasteiger partial charge in [0.2, 0.25) is 18.0 Å². The number of ether oxygens (including phenoxy) is 17. The molecule has 0 aliphatic rings. The molecule has 2 atom stereocenters. The lowest BCUT2D eigenvalue weighted by atomic mass is 9.90. The van der Waals surface area contributed by atoms with Gasteiger partial charge in [0.25, 0.3) is 11.8 Å². The fourth-order valence-electron chi connectivity index (χ4n) is 7.03. The van der Waals surface area contributed by atoms with E-state index in [4.69, 9.17) is 33.2 Å². The molecule has 0 amide bonds. The van der Waals surface area contributed by atoms with Crippen LogP contribution in [0, 0.1) is 38.4 Å². The lowest BCUT2D eigenvalue weighted by Gasteiger charge is -2.29. The average Bonchev–Trinajstić information content (AvgIpc) is 0.829. The van der Waals surface area contributed by atoms with E-state index in [-0.39, 0.29) is 58.0 Å². The number of alkyl halides is 22. The molecule has 0 radical (unpaired) electrons. The Morgan fingerprint density at radius 3 is 0.836 bits per heavy atom. The Hall–Kier alpha value is -10.6. The van der Waals surface area contributed by atoms with Gasteiger partial charge in [0, 0.05) is 6.92 Å². The Balaban J connectivity index is -0.000000309. The van der Waals surface area contributed by atoms with Gasteiger partial charge in [0.1, 0.15) is 39.3 Å². The molecule has 2 unspecified atom stereocenters. The molecule has 0 N–H and O–H groups in total. The smallest absolute Gasteiger partial charge is 0.425 e. The summed E-state index contributed by atoms with van der Waals surface area (Å²) in [5.74, 6) is -21.8. The van der Waals surface area contributed by atoms with Crippen LogP contribution >= 0.6 is 0 Å². The first-order chi connectivity index (χ1) is 65.5. The van der Waals surface area contributed by atoms with E-state index in [1.165, 1.54) is 27.7 Å². The van der Waals surface area contributed by atoms with Crippen LogP contribution in [0.4, 0.5) is 96.6 Å². The third-order valence-corrected chi connectivity index (χ3v) is 19.3. The highest BCUT2D eigenvalue weighted by Crippen LogP contribution is 2.35. The van der Waals surface area contributed by atoms with Crippen molar-refractivity contribution in [3.8, 4) is 0 Å². The summed E-state index contributed by atoms with van der Waals surface area (Å²) in [6, 6.07) is 0. The second-order valence-corrected chi connectivity index (χ2v) is 36.2. The van der Waals surface area contributed by atoms with Gasteiger partial charge >= 0.3 is 139 Å². The molecule has 0 spiro atoms. The van der Waals surface area contributed by atoms with Crippen molar-refractivity contribution in [2.75, 3.05) is 86.1 Å². The van der Waals surface area contributed by atoms with Gasteiger partial charge in [-0.25, -0.2) is 36.7 Å². The summed E-state index contributed by atoms with van der Waals surface area (Å²) in [6.45, 7) is 30.5. The number of hydrogen-bond donors (Lipinski definition) is 0. The SMILES string of the molecule is CCC(C)(C)C(=O)OC(C)(C)C(=O)OC(C)C(F)(F)F.CCC(C)(C)C(=O)OC(C)(C)C(=O)OCC(C)(F)F.CCC(C)(C)C(=O)OCC(=O)OCC(F)(F)CC(F)(F)F.CCC(C)(C)C(=O)OCC(=O)OCC(F)(F)F.CCC(C)(C)C(=O)OCCOC(=O)CCC(=O)OCCC(F)(F)F.CCC(C)(C)C(=O)OCOC(=O)CC(=O)OCCC(F)(F)F.CCC(C)C(=O)OCCOC(=O)CCC(=O)OCCC(F)(F)F. The molecule has 0 fully saturated rings. The van der Waals surface area contributed by atoms with Gasteiger partial charge in [-0.1, -0.05) is 55.4 Å². The lowest BCUT2D eigenvalue weighted by Crippen LogP contribution is -2.45. The van der Waals surface area contributed by atoms with Crippen LogP contribution in [0.5, 0.6) is 0 Å². The van der Waals surface area contributed by atoms with E-state index >= 15 is 0 Å². The normalized spacial score (nSPS) is 12.6. The molecule has 856 valence electrons. The first kappa shape index (κ1) is 148. The fraction of sp³-hybridized carbons (Fsp3) is 0.811. The summed E-state index contributed by atoms with van der Waals surface area (Å²) in [6.07, 6.45) is -34.5. The molecular formula is C90H138F22O34. The monoisotopic (exact) mass is 2180 g/mol. The third-order valence-electron chi connectivity index (χ3n) is 19.3. The van der Waals surface area contributed by atoms with Crippen molar-refractivity contribution in [3.63, 3.8) is 0 Å². The summed E-state index contributed by atoms with van der Waals surface area (Å²) >= 11 is 0. The zero-order valence-electron chi connectivity index (χ0n) is 86.4. The van der Waals surface area contributed by atoms with E-state index in [2.05, 4.69) is 47.4 Å². The van der Waals surface area contributed by atoms with Gasteiger partial charge < -0.3 is 80.5 Å². The third kappa shape index (κ3) is 80.6. The number of esters is 17. The molecule has 0 saturated heterocycles. The number of hydrogen-bond acceptors (Lipinski definition) is 34. The molecule has 34 nitrogen and oxygen atoms in total. The standard InChI is InChI=1S/C15H23F3O6.C14H21F3O6.C13H19F3O6.C13H21F3O4.C13H22F2O4.C12H17F5O4.C10H15F3O4/c1-4-14(2,3)13(21)24-10-9-23-12(20)6-5-11(19)22-8-7-15(16,17)18;1-3-10(2)13(20)23-9-8-22-12(19)5-4-11(18)21-7-6-14(15,16)17;1-4-12(2,3)11(19)22-8-21-10(18)7-9(17)20-6-5-13(14,15)16;1-7-11(3,4)9(17)20-12(5,6)10(18)19-8(2)13(14,15)16;1-7-11(2,3)9(16)19-12(4,5)10(17)18-8-13(6,14)15;1-4-10(2,3)9(19)20-5-8(18)21-7-11(13,14)6-12(15,16)17;1-4-9(2,3)8(15)16-5-7(14)17-6-10(11,12)13/h4-10H2,1-3H3;10H,3-9H2,1-2H3;4-8H2,1-3H3;8H,7H2,1-6H3;7-8H2,1-6H3;4-7H2,1-3H3;4-6H2,1-3H3. The second kappa shape index (κ2) is 67.4. The number of carbonyl (C=O) groups is 17. The molecule has 0 heterocycles. The first-order valence-corrected chi connectivity index (χ1v) is 44.7. The van der Waals surface area contributed by atoms with Crippen molar-refractivity contribution in [3.05, 3.63) is 0 Å². The molecule has 0 rings (SSSR count). The highest BCUT2D eigenvalue weighted by molar-refractivity contribution is 5.91. The van der Waals surface area contributed by atoms with E-state index in [9.17, 15) is 178 Å². The maximum atomic E-state index is 12.8. The maximum absolute atomic E-state index is 12.8. The molecule has 0 bridgehead atoms. The van der Waals surface area contributed by atoms with Crippen LogP contribution in [-0.4, -0.2) is 254 Å². The molecule has 0 aromatic heterocycles. The number of carbonyl (C=O) groups excluding carboxylic acids is 17. The van der Waals surface area contributed by atoms with Crippen LogP contribution in [0.15, 0.2) is 0 Å². The second-order valence-electron chi connectivity index (χ2n) is 36.2. The minimum absolute atomic E-state index is 0.0923. The molecular weight excluding hydrogens is 2040 g/mol. The highest BCUT2D eigenvalue weighted by atomic mass is 19.4. The van der Waals surface area contributed by atoms with Crippen LogP contribution in [0.1, 0.15) is 283 Å². The van der Waals surface area contributed by atoms with Gasteiger partial charge in [0.15, 0.2) is 39.1 Å². The minimum Gasteiger partial charge on any atom is -0.465 e. The quantitative estimate of drug-likeness (QED) is 0.0136. The molecule has 56 heteroatoms. The summed E-state index contributed by atoms with van der Waals surface area (Å²) in [7, 11) is 0. The fourth-order valence-corrected chi connectivity index (χ4v) is 7.03. The van der Waals surface area contributed by atoms with E-state index in [1.54, 1.807) is 118 Å². The highest BCUT2D eigenvalue weighted by Gasteiger charge is 2.48. The van der Waals surface area contributed by atoms with Gasteiger partial charge in [-0.05, 0) is 163 Å². The molecule has 0 aliphatic carbocycles. The largest absolute Gasteiger partial charge is 0.465 e. The number of halogens is 22. The van der Waals surface area contributed by atoms with E-state index in [1.807, 2.05) is 20.8 Å². The van der Waals surface area contributed by atoms with E-state index < -0.39 is 292 Å². The van der Waals surface area contributed by atoms with E-state index in [0.717, 1.165) is 0 Å². The Kier molecular flexibility index (Phi) is 68.5. The zero-order valence-corrected chi connectivity index (χ0v) is 86.4. The van der Waals surface area contributed by atoms with Crippen molar-refractivity contribution in [1.29, 1.82) is 0 Å². The molecule has 0 aliphatic heterocycles. The van der Waals surface area contributed by atoms with Gasteiger partial charge in [-0.3, -0.25) is 62.3 Å². The topological polar surface area (TPSA) is 447 Å². The molecule has 146 heavy (non-hydrogen) atoms. The van der Waals surface area contributed by atoms with Gasteiger partial charge in [0.05, 0.1) is 103 Å². The van der Waals surface area contributed by atoms with Gasteiger partial charge in [-0.2, -0.15) is 79.0 Å². The summed E-state index contributed by atoms with van der Waals surface area (Å²) in [5.41, 5.74) is -7.92. The number of rotatable bonds is 51. The van der Waals surface area contributed by atoms with Crippen LogP contribution < -0.4 is 0 Å². The Morgan fingerprint density at radius 2 is 0.534 bits per heavy atom. The van der Waals surface area contributed by atoms with Crippen molar-refractivity contribution in [2.24, 2.45) is 38.4 Å². The van der Waals surface area contributed by atoms with Crippen LogP contribution in [0.3, 0.4) is 0 Å². The van der Waals surface area contributed by atoms with Gasteiger partial charge in [-0.15, -0.1) is 0 Å². The Morgan fingerprint density at radius 1 is 0.253 bits per heavy atom. The predicted octanol–water partition coefficient (Wildman–Crippen LogP) is 18.9. The first-order valence-electron chi connectivity index (χ1n) is 44.7. The summed E-state index contributed by atoms with van der Waals surface area (Å²) < 4.78 is 342. The zero-order chi connectivity index (χ0) is 116. The molecule has 0 aromatic rings. The van der Waals surface area contributed by atoms with Crippen LogP contribution in [-0.2, 0) is 162 Å². The van der Waals surface area contributed by atoms with Crippen molar-refractivity contribution in [1.82, 2.24) is 0 Å². The summed E-state index contributed by atoms with van der Waals surface area (Å²) in [5, 5.41) is 0. The molecule has 0 aromatic carbocycles. The average molecular weight is 2180 g/mol. The van der Waals surface area contributed by atoms with E-state index in [0.29, 0.717) is 58.8 Å². The van der Waals surface area contributed by atoms with Crippen molar-refractivity contribution in [2.45, 2.75) is 349 Å². The Labute approximate surface area is 831 Å². The maximum Gasteiger partial charge on any atom is 0.425 e. The predicted molar refractivity (Wildman–Crippen MR) is 462 cm³/mol. The Bertz CT molecular complexity index is 4010. The van der Waals surface area contributed by atoms with Crippen molar-refractivity contribution < 1.29 is 259 Å². The lowest BCUT2D eigenvalue weighted by molar-refractivity contribution is -0.227. The molecule has 0 saturated carbocycles. The van der Waals surface area contributed by atoms with Crippen LogP contribution in [0.2, 0.25) is 0 Å².